The number of hydrogen-bond acceptors (Lipinski definition) is 5. The first-order chi connectivity index (χ1) is 12.1. The Morgan fingerprint density at radius 3 is 2.80 bits per heavy atom. The molecule has 0 aliphatic carbocycles. The van der Waals surface area contributed by atoms with E-state index in [0.717, 1.165) is 43.2 Å². The Hall–Kier alpha value is -2.11. The molecule has 1 aliphatic heterocycles. The molecule has 5 heteroatoms. The minimum Gasteiger partial charge on any atom is -0.493 e. The number of pyridine rings is 1. The summed E-state index contributed by atoms with van der Waals surface area (Å²) in [5.41, 5.74) is 2.43. The summed E-state index contributed by atoms with van der Waals surface area (Å²) in [7, 11) is 1.67. The van der Waals surface area contributed by atoms with Gasteiger partial charge in [0.1, 0.15) is 6.61 Å². The molecule has 2 heterocycles. The Kier molecular flexibility index (Phi) is 5.56. The smallest absolute Gasteiger partial charge is 0.161 e. The lowest BCUT2D eigenvalue weighted by Gasteiger charge is -2.39. The molecular formula is C20H27N3O2. The maximum Gasteiger partial charge on any atom is 0.161 e. The maximum atomic E-state index is 5.99. The first kappa shape index (κ1) is 17.7. The first-order valence-electron chi connectivity index (χ1n) is 8.72. The van der Waals surface area contributed by atoms with Gasteiger partial charge in [-0.2, -0.15) is 0 Å². The summed E-state index contributed by atoms with van der Waals surface area (Å²) in [6.45, 7) is 9.00. The Balaban J connectivity index is 1.69. The summed E-state index contributed by atoms with van der Waals surface area (Å²) in [6, 6.07) is 10.1. The van der Waals surface area contributed by atoms with Gasteiger partial charge in [0.15, 0.2) is 11.5 Å². The van der Waals surface area contributed by atoms with Crippen LogP contribution in [0.4, 0.5) is 0 Å². The van der Waals surface area contributed by atoms with E-state index in [1.807, 2.05) is 24.4 Å². The number of aromatic nitrogens is 1. The van der Waals surface area contributed by atoms with Crippen molar-refractivity contribution in [1.82, 2.24) is 15.2 Å². The number of hydrogen-bond donors (Lipinski definition) is 1. The fraction of sp³-hybridized carbons (Fsp3) is 0.450. The lowest BCUT2D eigenvalue weighted by atomic mass is 10.0. The third-order valence-corrected chi connectivity index (χ3v) is 4.40. The van der Waals surface area contributed by atoms with Gasteiger partial charge < -0.3 is 14.8 Å². The molecule has 2 aromatic rings. The highest BCUT2D eigenvalue weighted by Crippen LogP contribution is 2.29. The molecule has 0 bridgehead atoms. The van der Waals surface area contributed by atoms with E-state index in [0.29, 0.717) is 6.61 Å². The fourth-order valence-corrected chi connectivity index (χ4v) is 3.22. The Bertz CT molecular complexity index is 689. The number of nitrogens with one attached hydrogen (secondary N) is 1. The summed E-state index contributed by atoms with van der Waals surface area (Å²) in [5, 5.41) is 3.55. The molecule has 1 fully saturated rings. The second-order valence-electron chi connectivity index (χ2n) is 7.16. The average Bonchev–Trinajstić information content (AvgIpc) is 2.60. The van der Waals surface area contributed by atoms with Gasteiger partial charge in [0.25, 0.3) is 0 Å². The molecule has 1 aromatic heterocycles. The van der Waals surface area contributed by atoms with Crippen LogP contribution >= 0.6 is 0 Å². The normalized spacial score (nSPS) is 17.2. The van der Waals surface area contributed by atoms with Crippen LogP contribution in [0, 0.1) is 0 Å². The van der Waals surface area contributed by atoms with E-state index >= 15 is 0 Å². The number of rotatable bonds is 6. The van der Waals surface area contributed by atoms with Crippen LogP contribution in [-0.2, 0) is 13.2 Å². The van der Waals surface area contributed by atoms with Crippen LogP contribution in [-0.4, -0.2) is 42.2 Å². The van der Waals surface area contributed by atoms with E-state index < -0.39 is 0 Å². The minimum atomic E-state index is 0.157. The van der Waals surface area contributed by atoms with Crippen LogP contribution < -0.4 is 14.8 Å². The van der Waals surface area contributed by atoms with Crippen LogP contribution in [0.5, 0.6) is 11.5 Å². The molecule has 25 heavy (non-hydrogen) atoms. The zero-order valence-corrected chi connectivity index (χ0v) is 15.3. The maximum absolute atomic E-state index is 5.99. The monoisotopic (exact) mass is 341 g/mol. The highest BCUT2D eigenvalue weighted by molar-refractivity contribution is 5.43. The molecule has 3 rings (SSSR count). The van der Waals surface area contributed by atoms with E-state index in [9.17, 15) is 0 Å². The number of benzene rings is 1. The number of piperazine rings is 1. The largest absolute Gasteiger partial charge is 0.493 e. The molecule has 0 saturated carbocycles. The molecule has 0 unspecified atom stereocenters. The van der Waals surface area contributed by atoms with Gasteiger partial charge in [-0.1, -0.05) is 12.1 Å². The number of methoxy groups -OCH3 is 1. The van der Waals surface area contributed by atoms with Crippen LogP contribution in [0.3, 0.4) is 0 Å². The second-order valence-corrected chi connectivity index (χ2v) is 7.16. The number of nitrogens with zero attached hydrogens (tertiary/aromatic N) is 2. The molecule has 1 aromatic carbocycles. The van der Waals surface area contributed by atoms with Gasteiger partial charge in [-0.25, -0.2) is 0 Å². The molecule has 1 aliphatic rings. The summed E-state index contributed by atoms with van der Waals surface area (Å²) in [4.78, 5) is 6.60. The van der Waals surface area contributed by atoms with Gasteiger partial charge in [0, 0.05) is 49.7 Å². The molecule has 1 N–H and O–H groups in total. The zero-order valence-electron chi connectivity index (χ0n) is 15.3. The summed E-state index contributed by atoms with van der Waals surface area (Å²) >= 11 is 0. The Morgan fingerprint density at radius 2 is 2.08 bits per heavy atom. The SMILES string of the molecule is COc1ccc(CN2CCNC(C)(C)C2)cc1OCc1cccnc1. The van der Waals surface area contributed by atoms with E-state index in [2.05, 4.69) is 41.2 Å². The van der Waals surface area contributed by atoms with Gasteiger partial charge in [0.05, 0.1) is 7.11 Å². The molecule has 0 amide bonds. The van der Waals surface area contributed by atoms with Gasteiger partial charge in [-0.3, -0.25) is 9.88 Å². The van der Waals surface area contributed by atoms with E-state index in [1.165, 1.54) is 5.56 Å². The molecule has 134 valence electrons. The van der Waals surface area contributed by atoms with E-state index in [-0.39, 0.29) is 5.54 Å². The predicted molar refractivity (Wildman–Crippen MR) is 98.9 cm³/mol. The third-order valence-electron chi connectivity index (χ3n) is 4.40. The van der Waals surface area contributed by atoms with Gasteiger partial charge in [-0.05, 0) is 37.6 Å². The summed E-state index contributed by atoms with van der Waals surface area (Å²) < 4.78 is 11.4. The van der Waals surface area contributed by atoms with Crippen molar-refractivity contribution in [2.75, 3.05) is 26.7 Å². The quantitative estimate of drug-likeness (QED) is 0.875. The topological polar surface area (TPSA) is 46.6 Å². The van der Waals surface area contributed by atoms with Crippen molar-refractivity contribution < 1.29 is 9.47 Å². The van der Waals surface area contributed by atoms with E-state index in [1.54, 1.807) is 13.3 Å². The lowest BCUT2D eigenvalue weighted by molar-refractivity contribution is 0.148. The van der Waals surface area contributed by atoms with Gasteiger partial charge in [-0.15, -0.1) is 0 Å². The van der Waals surface area contributed by atoms with Crippen LogP contribution in [0.25, 0.3) is 0 Å². The molecular weight excluding hydrogens is 314 g/mol. The second kappa shape index (κ2) is 7.85. The standard InChI is InChI=1S/C20H27N3O2/c1-20(2)15-23(10-9-22-20)13-16-6-7-18(24-3)19(11-16)25-14-17-5-4-8-21-12-17/h4-8,11-12,22H,9-10,13-15H2,1-3H3. The lowest BCUT2D eigenvalue weighted by Crippen LogP contribution is -2.56. The number of ether oxygens (including phenoxy) is 2. The highest BCUT2D eigenvalue weighted by Gasteiger charge is 2.25. The molecule has 5 nitrogen and oxygen atoms in total. The van der Waals surface area contributed by atoms with Crippen molar-refractivity contribution in [2.24, 2.45) is 0 Å². The molecule has 0 atom stereocenters. The van der Waals surface area contributed by atoms with Crippen molar-refractivity contribution in [3.05, 3.63) is 53.9 Å². The Labute approximate surface area is 150 Å². The van der Waals surface area contributed by atoms with Crippen molar-refractivity contribution >= 4 is 0 Å². The Morgan fingerprint density at radius 1 is 1.20 bits per heavy atom. The van der Waals surface area contributed by atoms with Crippen molar-refractivity contribution in [3.8, 4) is 11.5 Å². The first-order valence-corrected chi connectivity index (χ1v) is 8.72. The van der Waals surface area contributed by atoms with Crippen LogP contribution in [0.15, 0.2) is 42.7 Å². The fourth-order valence-electron chi connectivity index (χ4n) is 3.22. The van der Waals surface area contributed by atoms with Gasteiger partial charge in [0.2, 0.25) is 0 Å². The summed E-state index contributed by atoms with van der Waals surface area (Å²) in [5.74, 6) is 1.53. The van der Waals surface area contributed by atoms with E-state index in [4.69, 9.17) is 9.47 Å². The van der Waals surface area contributed by atoms with Crippen molar-refractivity contribution in [3.63, 3.8) is 0 Å². The van der Waals surface area contributed by atoms with Crippen LogP contribution in [0.2, 0.25) is 0 Å². The summed E-state index contributed by atoms with van der Waals surface area (Å²) in [6.07, 6.45) is 3.58. The van der Waals surface area contributed by atoms with Crippen molar-refractivity contribution in [2.45, 2.75) is 32.5 Å². The van der Waals surface area contributed by atoms with Crippen molar-refractivity contribution in [1.29, 1.82) is 0 Å². The average molecular weight is 341 g/mol. The van der Waals surface area contributed by atoms with Crippen LogP contribution in [0.1, 0.15) is 25.0 Å². The zero-order chi connectivity index (χ0) is 17.7. The molecule has 1 saturated heterocycles. The molecule has 0 radical (unpaired) electrons. The highest BCUT2D eigenvalue weighted by atomic mass is 16.5. The third kappa shape index (κ3) is 4.94. The molecule has 0 spiro atoms. The minimum absolute atomic E-state index is 0.157. The predicted octanol–water partition coefficient (Wildman–Crippen LogP) is 2.85. The van der Waals surface area contributed by atoms with Gasteiger partial charge >= 0.3 is 0 Å².